The van der Waals surface area contributed by atoms with E-state index in [2.05, 4.69) is 5.10 Å². The van der Waals surface area contributed by atoms with Crippen molar-refractivity contribution < 1.29 is 14.8 Å². The average Bonchev–Trinajstić information content (AvgIpc) is 3.05. The lowest BCUT2D eigenvalue weighted by molar-refractivity contribution is -0.391. The van der Waals surface area contributed by atoms with Gasteiger partial charge in [0.1, 0.15) is 0 Å². The molecule has 20 heavy (non-hydrogen) atoms. The maximum absolute atomic E-state index is 11.2. The van der Waals surface area contributed by atoms with E-state index in [0.717, 1.165) is 32.1 Å². The van der Waals surface area contributed by atoms with Crippen LogP contribution in [0.3, 0.4) is 0 Å². The molecule has 1 saturated heterocycles. The normalized spacial score (nSPS) is 30.6. The van der Waals surface area contributed by atoms with Gasteiger partial charge >= 0.3 is 5.82 Å². The summed E-state index contributed by atoms with van der Waals surface area (Å²) in [6.45, 7) is 0.666. The van der Waals surface area contributed by atoms with Crippen LogP contribution in [0.5, 0.6) is 0 Å². The predicted octanol–water partition coefficient (Wildman–Crippen LogP) is 2.12. The van der Waals surface area contributed by atoms with Gasteiger partial charge in [0.05, 0.1) is 23.0 Å². The summed E-state index contributed by atoms with van der Waals surface area (Å²) in [4.78, 5) is 10.7. The fraction of sp³-hybridized carbons (Fsp3) is 0.769. The summed E-state index contributed by atoms with van der Waals surface area (Å²) >= 11 is 0. The third-order valence-electron chi connectivity index (χ3n) is 4.24. The molecule has 2 heterocycles. The molecule has 2 fully saturated rings. The van der Waals surface area contributed by atoms with Crippen LogP contribution in [0.25, 0.3) is 0 Å². The fourth-order valence-electron chi connectivity index (χ4n) is 3.18. The van der Waals surface area contributed by atoms with Gasteiger partial charge in [-0.3, -0.25) is 0 Å². The molecule has 1 aromatic rings. The minimum Gasteiger partial charge on any atom is -0.392 e. The lowest BCUT2D eigenvalue weighted by atomic mass is 9.98. The molecule has 0 spiro atoms. The molecule has 1 aliphatic carbocycles. The van der Waals surface area contributed by atoms with E-state index in [9.17, 15) is 15.2 Å². The predicted molar refractivity (Wildman–Crippen MR) is 70.3 cm³/mol. The van der Waals surface area contributed by atoms with Crippen LogP contribution in [-0.4, -0.2) is 32.5 Å². The van der Waals surface area contributed by atoms with Crippen molar-refractivity contribution >= 4 is 5.82 Å². The minimum atomic E-state index is -0.501. The Morgan fingerprint density at radius 3 is 2.80 bits per heavy atom. The Morgan fingerprint density at radius 2 is 2.20 bits per heavy atom. The monoisotopic (exact) mass is 281 g/mol. The zero-order valence-corrected chi connectivity index (χ0v) is 11.3. The van der Waals surface area contributed by atoms with Crippen LogP contribution in [0, 0.1) is 10.1 Å². The van der Waals surface area contributed by atoms with Crippen LogP contribution in [-0.2, 0) is 4.74 Å². The summed E-state index contributed by atoms with van der Waals surface area (Å²) in [6, 6.07) is 0. The lowest BCUT2D eigenvalue weighted by Crippen LogP contribution is -2.18. The van der Waals surface area contributed by atoms with Crippen LogP contribution >= 0.6 is 0 Å². The molecule has 3 rings (SSSR count). The number of aliphatic hydroxyl groups excluding tert-OH is 1. The van der Waals surface area contributed by atoms with E-state index in [0.29, 0.717) is 18.6 Å². The number of rotatable bonds is 3. The third kappa shape index (κ3) is 2.43. The van der Waals surface area contributed by atoms with Crippen LogP contribution in [0.1, 0.15) is 56.2 Å². The standard InChI is InChI=1S/C13H19N3O4/c17-11-5-3-4-9(11)10-8-15(14-13(10)16(18)19)12-6-1-2-7-20-12/h8-9,11-12,17H,1-7H2/t9-,11+,12?/m1/s1. The van der Waals surface area contributed by atoms with E-state index in [1.54, 1.807) is 10.9 Å². The van der Waals surface area contributed by atoms with Crippen LogP contribution < -0.4 is 0 Å². The van der Waals surface area contributed by atoms with Gasteiger partial charge in [-0.2, -0.15) is 4.68 Å². The molecule has 0 radical (unpaired) electrons. The van der Waals surface area contributed by atoms with Crippen molar-refractivity contribution in [2.45, 2.75) is 56.8 Å². The van der Waals surface area contributed by atoms with Crippen molar-refractivity contribution in [2.75, 3.05) is 6.61 Å². The Kier molecular flexibility index (Phi) is 3.71. The Labute approximate surface area is 116 Å². The third-order valence-corrected chi connectivity index (χ3v) is 4.24. The van der Waals surface area contributed by atoms with Gasteiger partial charge < -0.3 is 20.0 Å². The smallest absolute Gasteiger partial charge is 0.392 e. The molecule has 1 saturated carbocycles. The molecule has 1 N–H and O–H groups in total. The molecule has 7 heteroatoms. The maximum Gasteiger partial charge on any atom is 0.393 e. The largest absolute Gasteiger partial charge is 0.393 e. The zero-order valence-electron chi connectivity index (χ0n) is 11.3. The highest BCUT2D eigenvalue weighted by atomic mass is 16.6. The molecule has 0 amide bonds. The molecular formula is C13H19N3O4. The minimum absolute atomic E-state index is 0.134. The van der Waals surface area contributed by atoms with Crippen molar-refractivity contribution in [3.05, 3.63) is 21.9 Å². The molecule has 1 aromatic heterocycles. The van der Waals surface area contributed by atoms with Gasteiger partial charge in [-0.1, -0.05) is 6.42 Å². The molecule has 2 aliphatic rings. The second-order valence-electron chi connectivity index (χ2n) is 5.57. The first-order chi connectivity index (χ1) is 9.66. The first-order valence-electron chi connectivity index (χ1n) is 7.20. The summed E-state index contributed by atoms with van der Waals surface area (Å²) in [5.74, 6) is -0.308. The summed E-state index contributed by atoms with van der Waals surface area (Å²) in [6.07, 6.45) is 6.25. The molecule has 0 aromatic carbocycles. The van der Waals surface area contributed by atoms with E-state index in [1.807, 2.05) is 0 Å². The number of aliphatic hydroxyl groups is 1. The van der Waals surface area contributed by atoms with Gasteiger partial charge in [-0.15, -0.1) is 0 Å². The first-order valence-corrected chi connectivity index (χ1v) is 7.20. The van der Waals surface area contributed by atoms with Gasteiger partial charge in [0.15, 0.2) is 6.23 Å². The Hall–Kier alpha value is -1.47. The highest BCUT2D eigenvalue weighted by molar-refractivity contribution is 5.35. The van der Waals surface area contributed by atoms with Gasteiger partial charge in [0.25, 0.3) is 0 Å². The van der Waals surface area contributed by atoms with E-state index >= 15 is 0 Å². The zero-order chi connectivity index (χ0) is 14.1. The summed E-state index contributed by atoms with van der Waals surface area (Å²) < 4.78 is 7.18. The summed E-state index contributed by atoms with van der Waals surface area (Å²) in [5, 5.41) is 25.3. The van der Waals surface area contributed by atoms with E-state index in [-0.39, 0.29) is 18.0 Å². The molecule has 3 atom stereocenters. The highest BCUT2D eigenvalue weighted by Crippen LogP contribution is 2.39. The van der Waals surface area contributed by atoms with Gasteiger partial charge in [0, 0.05) is 12.5 Å². The number of nitro groups is 1. The van der Waals surface area contributed by atoms with Crippen molar-refractivity contribution in [1.82, 2.24) is 9.78 Å². The van der Waals surface area contributed by atoms with Crippen molar-refractivity contribution in [1.29, 1.82) is 0 Å². The SMILES string of the molecule is O=[N+]([O-])c1nn(C2CCCCO2)cc1[C@H]1CCC[C@@H]1O. The lowest BCUT2D eigenvalue weighted by Gasteiger charge is -2.20. The summed E-state index contributed by atoms with van der Waals surface area (Å²) in [7, 11) is 0. The Bertz CT molecular complexity index is 496. The quantitative estimate of drug-likeness (QED) is 0.677. The number of aromatic nitrogens is 2. The highest BCUT2D eigenvalue weighted by Gasteiger charge is 2.36. The second kappa shape index (κ2) is 5.49. The number of ether oxygens (including phenoxy) is 1. The Morgan fingerprint density at radius 1 is 1.35 bits per heavy atom. The van der Waals surface area contributed by atoms with Crippen molar-refractivity contribution in [3.63, 3.8) is 0 Å². The summed E-state index contributed by atoms with van der Waals surface area (Å²) in [5.41, 5.74) is 0.550. The molecular weight excluding hydrogens is 262 g/mol. The Balaban J connectivity index is 1.91. The van der Waals surface area contributed by atoms with E-state index in [1.165, 1.54) is 0 Å². The maximum atomic E-state index is 11.2. The number of nitrogens with zero attached hydrogens (tertiary/aromatic N) is 3. The van der Waals surface area contributed by atoms with Crippen molar-refractivity contribution in [2.24, 2.45) is 0 Å². The van der Waals surface area contributed by atoms with E-state index in [4.69, 9.17) is 4.74 Å². The van der Waals surface area contributed by atoms with Crippen LogP contribution in [0.15, 0.2) is 6.20 Å². The van der Waals surface area contributed by atoms with Crippen molar-refractivity contribution in [3.8, 4) is 0 Å². The van der Waals surface area contributed by atoms with E-state index < -0.39 is 11.0 Å². The molecule has 0 bridgehead atoms. The van der Waals surface area contributed by atoms with Crippen LogP contribution in [0.4, 0.5) is 5.82 Å². The first kappa shape index (κ1) is 13.5. The number of hydrogen-bond donors (Lipinski definition) is 1. The topological polar surface area (TPSA) is 90.4 Å². The van der Waals surface area contributed by atoms with Gasteiger partial charge in [0.2, 0.25) is 0 Å². The van der Waals surface area contributed by atoms with Gasteiger partial charge in [-0.05, 0) is 37.0 Å². The van der Waals surface area contributed by atoms with Gasteiger partial charge in [-0.25, -0.2) is 0 Å². The second-order valence-corrected chi connectivity index (χ2v) is 5.57. The molecule has 1 aliphatic heterocycles. The molecule has 1 unspecified atom stereocenters. The number of hydrogen-bond acceptors (Lipinski definition) is 5. The fourth-order valence-corrected chi connectivity index (χ4v) is 3.18. The van der Waals surface area contributed by atoms with Crippen LogP contribution in [0.2, 0.25) is 0 Å². The molecule has 110 valence electrons. The molecule has 7 nitrogen and oxygen atoms in total. The average molecular weight is 281 g/mol.